The van der Waals surface area contributed by atoms with Gasteiger partial charge in [-0.25, -0.2) is 13.8 Å². The number of benzene rings is 1. The number of pyridine rings is 1. The van der Waals surface area contributed by atoms with Gasteiger partial charge in [-0.1, -0.05) is 11.6 Å². The summed E-state index contributed by atoms with van der Waals surface area (Å²) in [5.74, 6) is 0.671. The van der Waals surface area contributed by atoms with Gasteiger partial charge in [0.15, 0.2) is 0 Å². The summed E-state index contributed by atoms with van der Waals surface area (Å²) in [4.78, 5) is 3.95. The average molecular weight is 303 g/mol. The fraction of sp³-hybridized carbons (Fsp3) is 0.308. The number of anilines is 1. The zero-order valence-corrected chi connectivity index (χ0v) is 11.9. The molecule has 0 spiro atoms. The molecule has 20 heavy (non-hydrogen) atoms. The van der Waals surface area contributed by atoms with Crippen molar-refractivity contribution in [1.82, 2.24) is 4.98 Å². The summed E-state index contributed by atoms with van der Waals surface area (Å²) >= 11 is 6.11. The Bertz CT molecular complexity index is 650. The van der Waals surface area contributed by atoms with Crippen molar-refractivity contribution < 1.29 is 18.3 Å². The summed E-state index contributed by atoms with van der Waals surface area (Å²) in [5.41, 5.74) is 0.378. The van der Waals surface area contributed by atoms with Gasteiger partial charge in [0.2, 0.25) is 0 Å². The number of alkyl halides is 2. The number of ether oxygens (including phenoxy) is 2. The number of fused-ring (bicyclic) bond motifs is 1. The van der Waals surface area contributed by atoms with Crippen LogP contribution in [0.5, 0.6) is 11.5 Å². The van der Waals surface area contributed by atoms with E-state index in [1.54, 1.807) is 7.05 Å². The van der Waals surface area contributed by atoms with Gasteiger partial charge in [-0.2, -0.15) is 0 Å². The predicted octanol–water partition coefficient (Wildman–Crippen LogP) is 3.88. The minimum Gasteiger partial charge on any atom is -0.494 e. The van der Waals surface area contributed by atoms with E-state index in [4.69, 9.17) is 21.1 Å². The van der Waals surface area contributed by atoms with Crippen LogP contribution in [0.2, 0.25) is 5.02 Å². The van der Waals surface area contributed by atoms with Crippen molar-refractivity contribution >= 4 is 28.2 Å². The lowest BCUT2D eigenvalue weighted by molar-refractivity contribution is 0.146. The average Bonchev–Trinajstić information content (AvgIpc) is 2.45. The number of aromatic nitrogens is 1. The van der Waals surface area contributed by atoms with Crippen molar-refractivity contribution in [2.75, 3.05) is 26.6 Å². The molecule has 0 bridgehead atoms. The fourth-order valence-electron chi connectivity index (χ4n) is 2.01. The number of rotatable bonds is 4. The van der Waals surface area contributed by atoms with Gasteiger partial charge in [-0.15, -0.1) is 0 Å². The number of halogens is 3. The van der Waals surface area contributed by atoms with Crippen LogP contribution in [0, 0.1) is 0 Å². The fourth-order valence-corrected chi connectivity index (χ4v) is 2.28. The van der Waals surface area contributed by atoms with E-state index in [1.165, 1.54) is 26.4 Å². The van der Waals surface area contributed by atoms with Crippen LogP contribution in [0.3, 0.4) is 0 Å². The Morgan fingerprint density at radius 1 is 1.25 bits per heavy atom. The van der Waals surface area contributed by atoms with Crippen molar-refractivity contribution in [3.8, 4) is 11.5 Å². The Morgan fingerprint density at radius 3 is 2.45 bits per heavy atom. The van der Waals surface area contributed by atoms with Crippen LogP contribution in [0.25, 0.3) is 10.9 Å². The van der Waals surface area contributed by atoms with Crippen LogP contribution in [0.1, 0.15) is 12.1 Å². The maximum absolute atomic E-state index is 12.9. The van der Waals surface area contributed by atoms with E-state index in [2.05, 4.69) is 10.3 Å². The molecule has 1 aromatic heterocycles. The third-order valence-electron chi connectivity index (χ3n) is 2.89. The van der Waals surface area contributed by atoms with Crippen molar-refractivity contribution in [1.29, 1.82) is 0 Å². The summed E-state index contributed by atoms with van der Waals surface area (Å²) < 4.78 is 36.3. The highest BCUT2D eigenvalue weighted by Crippen LogP contribution is 2.43. The molecule has 0 atom stereocenters. The Hall–Kier alpha value is -1.82. The van der Waals surface area contributed by atoms with Crippen LogP contribution in [-0.4, -0.2) is 26.3 Å². The highest BCUT2D eigenvalue weighted by Gasteiger charge is 2.20. The molecule has 0 saturated carbocycles. The highest BCUT2D eigenvalue weighted by atomic mass is 35.5. The van der Waals surface area contributed by atoms with Gasteiger partial charge in [0.1, 0.15) is 22.7 Å². The van der Waals surface area contributed by atoms with E-state index < -0.39 is 6.43 Å². The van der Waals surface area contributed by atoms with Gasteiger partial charge < -0.3 is 14.8 Å². The largest absolute Gasteiger partial charge is 0.494 e. The molecule has 0 fully saturated rings. The second-order valence-corrected chi connectivity index (χ2v) is 4.37. The molecular weight excluding hydrogens is 290 g/mol. The summed E-state index contributed by atoms with van der Waals surface area (Å²) in [5, 5.41) is 3.67. The van der Waals surface area contributed by atoms with Gasteiger partial charge in [-0.05, 0) is 6.07 Å². The molecule has 0 aliphatic carbocycles. The molecule has 0 aliphatic heterocycles. The molecule has 108 valence electrons. The molecule has 0 unspecified atom stereocenters. The number of hydrogen-bond donors (Lipinski definition) is 1. The predicted molar refractivity (Wildman–Crippen MR) is 74.4 cm³/mol. The molecule has 0 aliphatic rings. The third-order valence-corrected chi connectivity index (χ3v) is 3.17. The second kappa shape index (κ2) is 5.66. The lowest BCUT2D eigenvalue weighted by atomic mass is 10.1. The Morgan fingerprint density at radius 2 is 1.95 bits per heavy atom. The summed E-state index contributed by atoms with van der Waals surface area (Å²) in [6, 6.07) is 2.76. The molecule has 1 N–H and O–H groups in total. The first-order valence-corrected chi connectivity index (χ1v) is 6.12. The minimum absolute atomic E-state index is 0.274. The van der Waals surface area contributed by atoms with Gasteiger partial charge in [0.25, 0.3) is 6.43 Å². The van der Waals surface area contributed by atoms with Crippen LogP contribution in [-0.2, 0) is 0 Å². The molecule has 0 amide bonds. The first kappa shape index (κ1) is 14.6. The Labute approximate surface area is 119 Å². The molecule has 1 aromatic carbocycles. The monoisotopic (exact) mass is 302 g/mol. The maximum Gasteiger partial charge on any atom is 0.280 e. The van der Waals surface area contributed by atoms with E-state index >= 15 is 0 Å². The minimum atomic E-state index is -2.68. The van der Waals surface area contributed by atoms with Crippen LogP contribution in [0.15, 0.2) is 12.1 Å². The number of nitrogens with zero attached hydrogens (tertiary/aromatic N) is 1. The standard InChI is InChI=1S/C13H13ClF2N2O2/c1-17-7-5-8(13(15)16)18-11-9(19-2)4-6(14)12(20-3)10(7)11/h4-5,13H,1-3H3,(H,17,18). The smallest absolute Gasteiger partial charge is 0.280 e. The number of methoxy groups -OCH3 is 2. The van der Waals surface area contributed by atoms with Gasteiger partial charge in [-0.3, -0.25) is 0 Å². The molecule has 7 heteroatoms. The normalized spacial score (nSPS) is 10.9. The number of nitrogens with one attached hydrogen (secondary N) is 1. The first-order valence-electron chi connectivity index (χ1n) is 5.74. The van der Waals surface area contributed by atoms with Crippen LogP contribution < -0.4 is 14.8 Å². The summed E-state index contributed by atoms with van der Waals surface area (Å²) in [6.45, 7) is 0. The lowest BCUT2D eigenvalue weighted by Crippen LogP contribution is -2.01. The maximum atomic E-state index is 12.9. The second-order valence-electron chi connectivity index (χ2n) is 3.96. The van der Waals surface area contributed by atoms with Crippen LogP contribution in [0.4, 0.5) is 14.5 Å². The van der Waals surface area contributed by atoms with Crippen molar-refractivity contribution in [2.24, 2.45) is 0 Å². The topological polar surface area (TPSA) is 43.4 Å². The van der Waals surface area contributed by atoms with E-state index in [0.29, 0.717) is 27.6 Å². The number of hydrogen-bond acceptors (Lipinski definition) is 4. The Kier molecular flexibility index (Phi) is 4.13. The van der Waals surface area contributed by atoms with E-state index in [0.717, 1.165) is 0 Å². The molecule has 2 aromatic rings. The summed E-state index contributed by atoms with van der Waals surface area (Å²) in [7, 11) is 4.50. The Balaban J connectivity index is 2.93. The van der Waals surface area contributed by atoms with E-state index in [1.807, 2.05) is 0 Å². The molecule has 4 nitrogen and oxygen atoms in total. The van der Waals surface area contributed by atoms with Crippen molar-refractivity contribution in [3.63, 3.8) is 0 Å². The quantitative estimate of drug-likeness (QED) is 0.930. The SMILES string of the molecule is CNc1cc(C(F)F)nc2c(OC)cc(Cl)c(OC)c12. The van der Waals surface area contributed by atoms with E-state index in [9.17, 15) is 8.78 Å². The first-order chi connectivity index (χ1) is 9.53. The lowest BCUT2D eigenvalue weighted by Gasteiger charge is -2.15. The van der Waals surface area contributed by atoms with Gasteiger partial charge in [0, 0.05) is 18.8 Å². The van der Waals surface area contributed by atoms with Gasteiger partial charge >= 0.3 is 0 Å². The van der Waals surface area contributed by atoms with Crippen LogP contribution >= 0.6 is 11.6 Å². The zero-order chi connectivity index (χ0) is 14.9. The molecule has 1 heterocycles. The molecule has 0 saturated heterocycles. The molecular formula is C13H13ClF2N2O2. The highest BCUT2D eigenvalue weighted by molar-refractivity contribution is 6.34. The van der Waals surface area contributed by atoms with Crippen molar-refractivity contribution in [3.05, 3.63) is 22.8 Å². The zero-order valence-electron chi connectivity index (χ0n) is 11.1. The summed E-state index contributed by atoms with van der Waals surface area (Å²) in [6.07, 6.45) is -2.68. The van der Waals surface area contributed by atoms with Crippen molar-refractivity contribution in [2.45, 2.75) is 6.43 Å². The third kappa shape index (κ3) is 2.31. The molecule has 0 radical (unpaired) electrons. The van der Waals surface area contributed by atoms with Gasteiger partial charge in [0.05, 0.1) is 24.6 Å². The molecule has 2 rings (SSSR count). The van der Waals surface area contributed by atoms with E-state index in [-0.39, 0.29) is 11.2 Å².